The number of carboxylic acid groups (broad SMARTS) is 1. The van der Waals surface area contributed by atoms with Crippen LogP contribution in [0.25, 0.3) is 6.08 Å². The second-order valence-corrected chi connectivity index (χ2v) is 5.27. The molecule has 0 aliphatic heterocycles. The van der Waals surface area contributed by atoms with E-state index in [-0.39, 0.29) is 0 Å². The summed E-state index contributed by atoms with van der Waals surface area (Å²) >= 11 is 1.63. The van der Waals surface area contributed by atoms with Crippen molar-refractivity contribution < 1.29 is 14.3 Å². The van der Waals surface area contributed by atoms with E-state index in [9.17, 15) is 4.79 Å². The first-order chi connectivity index (χ1) is 9.13. The number of carboxylic acids is 1. The Morgan fingerprint density at radius 1 is 1.53 bits per heavy atom. The highest BCUT2D eigenvalue weighted by Crippen LogP contribution is 2.18. The topological polar surface area (TPSA) is 53.7 Å². The SMILES string of the molecule is CN(Cc1ccco1)Cc1cc(C=CC(=O)O)cs1. The quantitative estimate of drug-likeness (QED) is 0.824. The van der Waals surface area contributed by atoms with Gasteiger partial charge in [0.15, 0.2) is 0 Å². The fourth-order valence-electron chi connectivity index (χ4n) is 1.73. The number of furan rings is 1. The van der Waals surface area contributed by atoms with Crippen molar-refractivity contribution in [3.63, 3.8) is 0 Å². The van der Waals surface area contributed by atoms with Gasteiger partial charge >= 0.3 is 5.97 Å². The molecule has 0 aliphatic rings. The Labute approximate surface area is 115 Å². The fraction of sp³-hybridized carbons (Fsp3) is 0.214. The minimum absolute atomic E-state index is 0.755. The number of hydrogen-bond donors (Lipinski definition) is 1. The Balaban J connectivity index is 1.90. The second-order valence-electron chi connectivity index (χ2n) is 4.27. The largest absolute Gasteiger partial charge is 0.478 e. The summed E-state index contributed by atoms with van der Waals surface area (Å²) in [5.74, 6) is 0.00717. The zero-order chi connectivity index (χ0) is 13.7. The lowest BCUT2D eigenvalue weighted by molar-refractivity contribution is -0.131. The standard InChI is InChI=1S/C14H15NO3S/c1-15(8-12-3-2-6-18-12)9-13-7-11(10-19-13)4-5-14(16)17/h2-7,10H,8-9H2,1H3,(H,16,17). The van der Waals surface area contributed by atoms with Gasteiger partial charge in [0.05, 0.1) is 12.8 Å². The van der Waals surface area contributed by atoms with Gasteiger partial charge < -0.3 is 9.52 Å². The Kier molecular flexibility index (Phi) is 4.54. The first kappa shape index (κ1) is 13.6. The van der Waals surface area contributed by atoms with Crippen LogP contribution in [0.1, 0.15) is 16.2 Å². The third-order valence-corrected chi connectivity index (χ3v) is 3.46. The molecule has 0 aliphatic carbocycles. The summed E-state index contributed by atoms with van der Waals surface area (Å²) in [5.41, 5.74) is 0.925. The lowest BCUT2D eigenvalue weighted by atomic mass is 10.3. The smallest absolute Gasteiger partial charge is 0.328 e. The van der Waals surface area contributed by atoms with Crippen LogP contribution < -0.4 is 0 Å². The second kappa shape index (κ2) is 6.36. The highest BCUT2D eigenvalue weighted by atomic mass is 32.1. The van der Waals surface area contributed by atoms with E-state index in [0.29, 0.717) is 0 Å². The van der Waals surface area contributed by atoms with Crippen LogP contribution in [-0.4, -0.2) is 23.0 Å². The third kappa shape index (κ3) is 4.39. The first-order valence-electron chi connectivity index (χ1n) is 5.83. The molecule has 2 aromatic rings. The maximum Gasteiger partial charge on any atom is 0.328 e. The lowest BCUT2D eigenvalue weighted by Gasteiger charge is -2.13. The van der Waals surface area contributed by atoms with Gasteiger partial charge in [-0.3, -0.25) is 4.90 Å². The van der Waals surface area contributed by atoms with Crippen LogP contribution in [0, 0.1) is 0 Å². The van der Waals surface area contributed by atoms with Gasteiger partial charge in [0.25, 0.3) is 0 Å². The summed E-state index contributed by atoms with van der Waals surface area (Å²) in [6, 6.07) is 5.83. The highest BCUT2D eigenvalue weighted by molar-refractivity contribution is 7.10. The number of nitrogens with zero attached hydrogens (tertiary/aromatic N) is 1. The zero-order valence-electron chi connectivity index (χ0n) is 10.6. The number of thiophene rings is 1. The minimum Gasteiger partial charge on any atom is -0.478 e. The van der Waals surface area contributed by atoms with Crippen molar-refractivity contribution in [3.05, 3.63) is 52.1 Å². The van der Waals surface area contributed by atoms with Gasteiger partial charge in [-0.15, -0.1) is 11.3 Å². The molecule has 0 saturated heterocycles. The molecule has 0 spiro atoms. The van der Waals surface area contributed by atoms with E-state index in [1.54, 1.807) is 23.7 Å². The van der Waals surface area contributed by atoms with Gasteiger partial charge in [-0.25, -0.2) is 4.79 Å². The summed E-state index contributed by atoms with van der Waals surface area (Å²) in [5, 5.41) is 10.5. The van der Waals surface area contributed by atoms with Gasteiger partial charge in [-0.1, -0.05) is 0 Å². The van der Waals surface area contributed by atoms with E-state index in [0.717, 1.165) is 30.5 Å². The summed E-state index contributed by atoms with van der Waals surface area (Å²) in [6.45, 7) is 1.57. The molecule has 0 amide bonds. The summed E-state index contributed by atoms with van der Waals surface area (Å²) in [4.78, 5) is 13.8. The Hall–Kier alpha value is -1.85. The highest BCUT2D eigenvalue weighted by Gasteiger charge is 2.05. The lowest BCUT2D eigenvalue weighted by Crippen LogP contribution is -2.15. The summed E-state index contributed by atoms with van der Waals surface area (Å²) < 4.78 is 5.30. The molecular formula is C14H15NO3S. The molecule has 0 bridgehead atoms. The van der Waals surface area contributed by atoms with Crippen LogP contribution >= 0.6 is 11.3 Å². The molecule has 0 radical (unpaired) electrons. The van der Waals surface area contributed by atoms with E-state index in [4.69, 9.17) is 9.52 Å². The van der Waals surface area contributed by atoms with Crippen LogP contribution in [-0.2, 0) is 17.9 Å². The Bertz CT molecular complexity index is 557. The molecule has 2 aromatic heterocycles. The molecule has 0 aromatic carbocycles. The molecule has 0 fully saturated rings. The van der Waals surface area contributed by atoms with E-state index in [1.165, 1.54) is 4.88 Å². The average Bonchev–Trinajstić information content (AvgIpc) is 2.98. The molecule has 1 N–H and O–H groups in total. The van der Waals surface area contributed by atoms with Crippen molar-refractivity contribution in [2.75, 3.05) is 7.05 Å². The molecule has 0 unspecified atom stereocenters. The number of aliphatic carboxylic acids is 1. The molecule has 2 rings (SSSR count). The van der Waals surface area contributed by atoms with Crippen LogP contribution in [0.2, 0.25) is 0 Å². The van der Waals surface area contributed by atoms with Crippen molar-refractivity contribution in [2.24, 2.45) is 0 Å². The van der Waals surface area contributed by atoms with Gasteiger partial charge in [0.2, 0.25) is 0 Å². The van der Waals surface area contributed by atoms with Crippen LogP contribution in [0.3, 0.4) is 0 Å². The van der Waals surface area contributed by atoms with Gasteiger partial charge in [-0.2, -0.15) is 0 Å². The number of rotatable bonds is 6. The molecule has 4 nitrogen and oxygen atoms in total. The molecular weight excluding hydrogens is 262 g/mol. The van der Waals surface area contributed by atoms with Crippen molar-refractivity contribution >= 4 is 23.4 Å². The van der Waals surface area contributed by atoms with Gasteiger partial charge in [0, 0.05) is 17.5 Å². The normalized spacial score (nSPS) is 11.5. The molecule has 19 heavy (non-hydrogen) atoms. The van der Waals surface area contributed by atoms with Gasteiger partial charge in [0.1, 0.15) is 5.76 Å². The van der Waals surface area contributed by atoms with E-state index in [2.05, 4.69) is 4.90 Å². The van der Waals surface area contributed by atoms with E-state index < -0.39 is 5.97 Å². The van der Waals surface area contributed by atoms with Crippen LogP contribution in [0.5, 0.6) is 0 Å². The Morgan fingerprint density at radius 3 is 3.05 bits per heavy atom. The van der Waals surface area contributed by atoms with Crippen molar-refractivity contribution in [1.29, 1.82) is 0 Å². The minimum atomic E-state index is -0.928. The van der Waals surface area contributed by atoms with Crippen molar-refractivity contribution in [1.82, 2.24) is 4.90 Å². The summed E-state index contributed by atoms with van der Waals surface area (Å²) in [6.07, 6.45) is 4.43. The first-order valence-corrected chi connectivity index (χ1v) is 6.71. The predicted molar refractivity (Wildman–Crippen MR) is 74.9 cm³/mol. The average molecular weight is 277 g/mol. The molecule has 5 heteroatoms. The molecule has 0 saturated carbocycles. The van der Waals surface area contributed by atoms with E-state index in [1.807, 2.05) is 30.6 Å². The summed E-state index contributed by atoms with van der Waals surface area (Å²) in [7, 11) is 2.02. The van der Waals surface area contributed by atoms with Crippen LogP contribution in [0.15, 0.2) is 40.3 Å². The molecule has 2 heterocycles. The maximum absolute atomic E-state index is 10.4. The maximum atomic E-state index is 10.4. The number of carbonyl (C=O) groups is 1. The molecule has 0 atom stereocenters. The van der Waals surface area contributed by atoms with Crippen LogP contribution in [0.4, 0.5) is 0 Å². The monoisotopic (exact) mass is 277 g/mol. The Morgan fingerprint density at radius 2 is 2.37 bits per heavy atom. The van der Waals surface area contributed by atoms with Gasteiger partial charge in [-0.05, 0) is 42.3 Å². The zero-order valence-corrected chi connectivity index (χ0v) is 11.4. The third-order valence-electron chi connectivity index (χ3n) is 2.52. The van der Waals surface area contributed by atoms with Crippen molar-refractivity contribution in [2.45, 2.75) is 13.1 Å². The van der Waals surface area contributed by atoms with Crippen molar-refractivity contribution in [3.8, 4) is 0 Å². The molecule has 100 valence electrons. The predicted octanol–water partition coefficient (Wildman–Crippen LogP) is 3.07. The van der Waals surface area contributed by atoms with E-state index >= 15 is 0 Å². The number of hydrogen-bond acceptors (Lipinski definition) is 4. The fourth-order valence-corrected chi connectivity index (χ4v) is 2.66.